The Morgan fingerprint density at radius 2 is 0.784 bits per heavy atom. The van der Waals surface area contributed by atoms with E-state index in [9.17, 15) is 28.8 Å². The number of para-hydroxylation sites is 3. The predicted molar refractivity (Wildman–Crippen MR) is 401 cm³/mol. The lowest BCUT2D eigenvalue weighted by molar-refractivity contribution is -0.138. The molecule has 6 atom stereocenters. The molecule has 0 aliphatic heterocycles. The molecule has 0 aliphatic carbocycles. The lowest BCUT2D eigenvalue weighted by Gasteiger charge is -2.29. The SMILES string of the molecule is [2H]C(c1ccccc1OCCCCCC(=O)O)N(C(=O)c1ccc(-c2ccco2)cc1)C(C)CC.[2H]C(c1ccccc1OCCCCCC(=O)O)N(C(=O)c1ccc(-c2cccs2)cc1)C(C)CC.[2H]C(c1ccccc1OCCCCCC(=O)O)N(C(=O)c1ccc(-c2ccoc2)cc1)C(C)CC. The third-order valence-corrected chi connectivity index (χ3v) is 18.2. The van der Waals surface area contributed by atoms with Crippen LogP contribution in [0.25, 0.3) is 32.9 Å². The van der Waals surface area contributed by atoms with Crippen LogP contribution in [0.2, 0.25) is 0 Å². The Balaban J connectivity index is 0.000000220. The standard InChI is InChI=1S/2C28H33NO5.C28H33NO4S/c1-3-21(2)29(28(32)23-16-14-22(15-17-23)25-12-9-19-34-25)20-24-10-6-7-11-26(24)33-18-8-4-5-13-27(30)31;1-3-21(2)29(28(32)23-14-12-22(13-15-23)25-16-18-33-20-25)19-24-9-6-7-10-26(24)34-17-8-4-5-11-27(30)31;1-3-21(2)29(28(32)23-16-14-22(15-17-23)26-12-9-19-34-26)20-24-10-6-7-11-25(24)33-18-8-4-5-13-27(30)31/h6-7,9-12,14-17,19,21H,3-5,8,13,18,20H2,1-2H3,(H,30,31);6-7,9-10,12-16,18,20-21H,3-5,8,11,17,19H2,1-2H3,(H,30,31);6-7,9-12,14-17,19,21H,3-5,8,13,18,20H2,1-2H3,(H,30,31)/i20D;19D;20D. The minimum atomic E-state index is -0.939. The van der Waals surface area contributed by atoms with Crippen molar-refractivity contribution in [1.82, 2.24) is 14.7 Å². The number of unbranched alkanes of at least 4 members (excludes halogenated alkanes) is 6. The number of benzene rings is 6. The molecule has 0 fully saturated rings. The molecule has 6 aromatic carbocycles. The maximum absolute atomic E-state index is 13.6. The third-order valence-electron chi connectivity index (χ3n) is 17.2. The van der Waals surface area contributed by atoms with Gasteiger partial charge in [-0.2, -0.15) is 0 Å². The molecule has 3 N–H and O–H groups in total. The lowest BCUT2D eigenvalue weighted by Crippen LogP contribution is -2.37. The molecule has 0 aliphatic rings. The number of hydrogen-bond acceptors (Lipinski definition) is 12. The van der Waals surface area contributed by atoms with Crippen molar-refractivity contribution in [2.75, 3.05) is 19.8 Å². The molecule has 102 heavy (non-hydrogen) atoms. The maximum Gasteiger partial charge on any atom is 0.303 e. The number of amides is 3. The fourth-order valence-corrected chi connectivity index (χ4v) is 11.4. The molecule has 9 rings (SSSR count). The van der Waals surface area contributed by atoms with Gasteiger partial charge in [0, 0.05) is 106 Å². The van der Waals surface area contributed by atoms with E-state index in [2.05, 4.69) is 6.07 Å². The zero-order valence-electron chi connectivity index (χ0n) is 62.3. The molecule has 3 heterocycles. The van der Waals surface area contributed by atoms with Crippen molar-refractivity contribution >= 4 is 47.0 Å². The zero-order chi connectivity index (χ0) is 75.6. The number of carboxylic acid groups (broad SMARTS) is 3. The van der Waals surface area contributed by atoms with Crippen LogP contribution in [0.5, 0.6) is 17.2 Å². The quantitative estimate of drug-likeness (QED) is 0.0305. The second-order valence-electron chi connectivity index (χ2n) is 24.8. The maximum atomic E-state index is 13.6. The smallest absolute Gasteiger partial charge is 0.303 e. The summed E-state index contributed by atoms with van der Waals surface area (Å²) in [6.07, 6.45) is 13.8. The Morgan fingerprint density at radius 3 is 1.11 bits per heavy atom. The average molecular weight is 1410 g/mol. The molecule has 0 radical (unpaired) electrons. The van der Waals surface area contributed by atoms with Crippen LogP contribution >= 0.6 is 11.3 Å². The van der Waals surface area contributed by atoms with E-state index in [-0.39, 0.29) is 55.1 Å². The van der Waals surface area contributed by atoms with Gasteiger partial charge < -0.3 is 53.1 Å². The summed E-state index contributed by atoms with van der Waals surface area (Å²) in [5, 5.41) is 28.3. The molecular formula is C84H99N3O14S. The first-order chi connectivity index (χ1) is 50.8. The first kappa shape index (κ1) is 74.5. The molecular weight excluding hydrogens is 1310 g/mol. The van der Waals surface area contributed by atoms with Crippen LogP contribution in [-0.2, 0) is 33.9 Å². The monoisotopic (exact) mass is 1410 g/mol. The van der Waals surface area contributed by atoms with Crippen LogP contribution < -0.4 is 14.2 Å². The highest BCUT2D eigenvalue weighted by Gasteiger charge is 2.26. The zero-order valence-corrected chi connectivity index (χ0v) is 60.1. The molecule has 0 saturated carbocycles. The molecule has 17 nitrogen and oxygen atoms in total. The molecule has 3 amide bonds. The number of furan rings is 2. The Labute approximate surface area is 608 Å². The molecule has 0 bridgehead atoms. The highest BCUT2D eigenvalue weighted by Crippen LogP contribution is 2.31. The summed E-state index contributed by atoms with van der Waals surface area (Å²) in [7, 11) is 0. The van der Waals surface area contributed by atoms with E-state index in [4.69, 9.17) is 42.5 Å². The lowest BCUT2D eigenvalue weighted by atomic mass is 10.0. The van der Waals surface area contributed by atoms with E-state index in [0.29, 0.717) is 103 Å². The number of rotatable bonds is 39. The summed E-state index contributed by atoms with van der Waals surface area (Å²) in [4.78, 5) is 78.6. The van der Waals surface area contributed by atoms with E-state index in [1.54, 1.807) is 69.1 Å². The number of aliphatic carboxylic acids is 3. The number of thiophene rings is 1. The van der Waals surface area contributed by atoms with Gasteiger partial charge >= 0.3 is 17.9 Å². The first-order valence-corrected chi connectivity index (χ1v) is 36.1. The van der Waals surface area contributed by atoms with Gasteiger partial charge in [-0.05, 0) is 193 Å². The fourth-order valence-electron chi connectivity index (χ4n) is 10.7. The van der Waals surface area contributed by atoms with E-state index < -0.39 is 37.5 Å². The van der Waals surface area contributed by atoms with Gasteiger partial charge in [0.2, 0.25) is 0 Å². The summed E-state index contributed by atoms with van der Waals surface area (Å²) in [5.41, 5.74) is 7.32. The first-order valence-electron chi connectivity index (χ1n) is 36.9. The Hall–Kier alpha value is -10.2. The highest BCUT2D eigenvalue weighted by molar-refractivity contribution is 7.13. The van der Waals surface area contributed by atoms with Crippen molar-refractivity contribution in [3.8, 4) is 50.1 Å². The normalized spacial score (nSPS) is 13.1. The predicted octanol–water partition coefficient (Wildman–Crippen LogP) is 19.7. The molecule has 6 unspecified atom stereocenters. The van der Waals surface area contributed by atoms with Crippen LogP contribution in [0.1, 0.15) is 190 Å². The van der Waals surface area contributed by atoms with Gasteiger partial charge in [-0.15, -0.1) is 11.3 Å². The minimum absolute atomic E-state index is 0.133. The van der Waals surface area contributed by atoms with E-state index in [1.165, 1.54) is 0 Å². The van der Waals surface area contributed by atoms with Crippen LogP contribution in [-0.4, -0.2) is 104 Å². The largest absolute Gasteiger partial charge is 0.493 e. The molecule has 3 aromatic heterocycles. The third kappa shape index (κ3) is 25.5. The van der Waals surface area contributed by atoms with Gasteiger partial charge in [0.05, 0.1) is 42.7 Å². The van der Waals surface area contributed by atoms with Crippen LogP contribution in [0.4, 0.5) is 0 Å². The van der Waals surface area contributed by atoms with E-state index in [1.807, 2.05) is 193 Å². The number of carboxylic acids is 3. The average Bonchev–Trinajstić information content (AvgIpc) is 0.862. The van der Waals surface area contributed by atoms with Crippen LogP contribution in [0.15, 0.2) is 209 Å². The summed E-state index contributed by atoms with van der Waals surface area (Å²) in [6, 6.07) is 53.3. The Bertz CT molecular complexity index is 3660. The van der Waals surface area contributed by atoms with Gasteiger partial charge in [0.15, 0.2) is 0 Å². The molecule has 9 aromatic rings. The second-order valence-corrected chi connectivity index (χ2v) is 25.7. The molecule has 540 valence electrons. The molecule has 0 spiro atoms. The van der Waals surface area contributed by atoms with E-state index >= 15 is 0 Å². The van der Waals surface area contributed by atoms with Gasteiger partial charge in [0.25, 0.3) is 17.7 Å². The van der Waals surface area contributed by atoms with Crippen molar-refractivity contribution in [3.05, 3.63) is 233 Å². The van der Waals surface area contributed by atoms with E-state index in [0.717, 1.165) is 77.8 Å². The molecule has 0 saturated heterocycles. The van der Waals surface area contributed by atoms with Crippen LogP contribution in [0, 0.1) is 0 Å². The van der Waals surface area contributed by atoms with Crippen molar-refractivity contribution in [2.24, 2.45) is 0 Å². The Morgan fingerprint density at radius 1 is 0.412 bits per heavy atom. The second kappa shape index (κ2) is 42.8. The topological polar surface area (TPSA) is 227 Å². The summed E-state index contributed by atoms with van der Waals surface area (Å²) in [6.45, 7) is 10.4. The van der Waals surface area contributed by atoms with Gasteiger partial charge in [-0.1, -0.05) is 118 Å². The van der Waals surface area contributed by atoms with Crippen LogP contribution in [0.3, 0.4) is 0 Å². The number of ether oxygens (including phenoxy) is 3. The van der Waals surface area contributed by atoms with Crippen molar-refractivity contribution in [3.63, 3.8) is 0 Å². The minimum Gasteiger partial charge on any atom is -0.493 e. The van der Waals surface area contributed by atoms with Crippen molar-refractivity contribution in [2.45, 2.75) is 176 Å². The summed E-state index contributed by atoms with van der Waals surface area (Å²) < 4.78 is 55.5. The number of carbonyl (C=O) groups is 6. The van der Waals surface area contributed by atoms with Gasteiger partial charge in [-0.3, -0.25) is 28.8 Å². The highest BCUT2D eigenvalue weighted by atomic mass is 32.1. The number of hydrogen-bond donors (Lipinski definition) is 3. The Kier molecular flexibility index (Phi) is 31.3. The van der Waals surface area contributed by atoms with Crippen molar-refractivity contribution < 1.29 is 71.2 Å². The van der Waals surface area contributed by atoms with Crippen molar-refractivity contribution in [1.29, 1.82) is 0 Å². The summed E-state index contributed by atoms with van der Waals surface area (Å²) in [5.74, 6) is -0.518. The fraction of sp³-hybridized carbons (Fsp3) is 0.357. The van der Waals surface area contributed by atoms with Gasteiger partial charge in [-0.25, -0.2) is 0 Å². The summed E-state index contributed by atoms with van der Waals surface area (Å²) >= 11 is 1.66. The number of nitrogens with zero attached hydrogens (tertiary/aromatic N) is 3. The van der Waals surface area contributed by atoms with Gasteiger partial charge in [0.1, 0.15) is 23.0 Å². The number of carbonyl (C=O) groups excluding carboxylic acids is 3. The molecule has 18 heteroatoms.